The number of carbonyl (C=O) groups is 1. The molecule has 184 valence electrons. The zero-order chi connectivity index (χ0) is 24.0. The average molecular weight is 488 g/mol. The number of rotatable bonds is 9. The number of carbonyl (C=O) groups excluding carboxylic acids is 1. The molecule has 2 aliphatic heterocycles. The Morgan fingerprint density at radius 2 is 1.76 bits per heavy atom. The zero-order valence-electron chi connectivity index (χ0n) is 19.6. The first-order chi connectivity index (χ1) is 16.5. The van der Waals surface area contributed by atoms with Gasteiger partial charge in [0.1, 0.15) is 5.75 Å². The van der Waals surface area contributed by atoms with Crippen LogP contribution in [-0.4, -0.2) is 69.5 Å². The second-order valence-electron chi connectivity index (χ2n) is 8.57. The molecule has 2 heterocycles. The Bertz CT molecular complexity index is 1050. The lowest BCUT2D eigenvalue weighted by Gasteiger charge is -2.26. The summed E-state index contributed by atoms with van der Waals surface area (Å²) >= 11 is 0. The van der Waals surface area contributed by atoms with Crippen molar-refractivity contribution in [1.29, 1.82) is 0 Å². The first-order valence-electron chi connectivity index (χ1n) is 11.9. The summed E-state index contributed by atoms with van der Waals surface area (Å²) in [6.45, 7) is 5.76. The van der Waals surface area contributed by atoms with Crippen LogP contribution in [0.25, 0.3) is 0 Å². The van der Waals surface area contributed by atoms with E-state index in [4.69, 9.17) is 9.47 Å². The molecular formula is C25H33N3O5S. The van der Waals surface area contributed by atoms with Crippen LogP contribution in [0.2, 0.25) is 0 Å². The van der Waals surface area contributed by atoms with Crippen molar-refractivity contribution >= 4 is 15.9 Å². The van der Waals surface area contributed by atoms with E-state index in [9.17, 15) is 13.2 Å². The predicted molar refractivity (Wildman–Crippen MR) is 129 cm³/mol. The number of likely N-dealkylation sites (tertiary alicyclic amines) is 1. The summed E-state index contributed by atoms with van der Waals surface area (Å²) in [7, 11) is -3.51. The molecule has 2 aromatic rings. The zero-order valence-corrected chi connectivity index (χ0v) is 20.4. The molecule has 2 fully saturated rings. The SMILES string of the molecule is CCOc1ccc(C2CCCN2CC(=O)NCc2ccc(S(=O)(=O)N3CCOCC3)cc2)cc1. The number of morpholine rings is 1. The van der Waals surface area contributed by atoms with E-state index in [1.807, 2.05) is 19.1 Å². The van der Waals surface area contributed by atoms with Crippen LogP contribution < -0.4 is 10.1 Å². The second kappa shape index (κ2) is 11.3. The summed E-state index contributed by atoms with van der Waals surface area (Å²) in [5.41, 5.74) is 2.06. The predicted octanol–water partition coefficient (Wildman–Crippen LogP) is 2.56. The smallest absolute Gasteiger partial charge is 0.243 e. The summed E-state index contributed by atoms with van der Waals surface area (Å²) in [6, 6.07) is 15.1. The minimum absolute atomic E-state index is 0.0390. The summed E-state index contributed by atoms with van der Waals surface area (Å²) in [5, 5.41) is 2.97. The molecule has 1 N–H and O–H groups in total. The lowest BCUT2D eigenvalue weighted by molar-refractivity contribution is -0.122. The third-order valence-corrected chi connectivity index (χ3v) is 8.22. The number of benzene rings is 2. The fraction of sp³-hybridized carbons (Fsp3) is 0.480. The van der Waals surface area contributed by atoms with Crippen LogP contribution in [0.3, 0.4) is 0 Å². The highest BCUT2D eigenvalue weighted by atomic mass is 32.2. The van der Waals surface area contributed by atoms with Gasteiger partial charge in [0.2, 0.25) is 15.9 Å². The fourth-order valence-electron chi connectivity index (χ4n) is 4.50. The standard InChI is InChI=1S/C25H33N3O5S/c1-2-33-22-9-7-21(8-10-22)24-4-3-13-27(24)19-25(29)26-18-20-5-11-23(12-6-20)34(30,31)28-14-16-32-17-15-28/h5-12,24H,2-4,13-19H2,1H3,(H,26,29). The van der Waals surface area contributed by atoms with Gasteiger partial charge in [-0.1, -0.05) is 24.3 Å². The molecule has 1 unspecified atom stereocenters. The first-order valence-corrected chi connectivity index (χ1v) is 13.3. The highest BCUT2D eigenvalue weighted by molar-refractivity contribution is 7.89. The van der Waals surface area contributed by atoms with Crippen LogP contribution in [-0.2, 0) is 26.1 Å². The molecule has 8 nitrogen and oxygen atoms in total. The molecular weight excluding hydrogens is 454 g/mol. The van der Waals surface area contributed by atoms with Crippen LogP contribution >= 0.6 is 0 Å². The Morgan fingerprint density at radius 1 is 1.06 bits per heavy atom. The number of hydrogen-bond acceptors (Lipinski definition) is 6. The summed E-state index contributed by atoms with van der Waals surface area (Å²) in [4.78, 5) is 15.1. The number of nitrogens with zero attached hydrogens (tertiary/aromatic N) is 2. The molecule has 9 heteroatoms. The molecule has 1 atom stereocenters. The van der Waals surface area contributed by atoms with Crippen LogP contribution in [0.4, 0.5) is 0 Å². The van der Waals surface area contributed by atoms with Gasteiger partial charge >= 0.3 is 0 Å². The van der Waals surface area contributed by atoms with E-state index in [0.717, 1.165) is 30.7 Å². The number of ether oxygens (including phenoxy) is 2. The van der Waals surface area contributed by atoms with E-state index in [-0.39, 0.29) is 16.8 Å². The van der Waals surface area contributed by atoms with Gasteiger partial charge in [0.15, 0.2) is 0 Å². The largest absolute Gasteiger partial charge is 0.494 e. The van der Waals surface area contributed by atoms with Crippen molar-refractivity contribution in [3.63, 3.8) is 0 Å². The molecule has 2 aromatic carbocycles. The van der Waals surface area contributed by atoms with Crippen molar-refractivity contribution < 1.29 is 22.7 Å². The van der Waals surface area contributed by atoms with Crippen molar-refractivity contribution in [3.05, 3.63) is 59.7 Å². The maximum absolute atomic E-state index is 12.7. The number of amides is 1. The van der Waals surface area contributed by atoms with Crippen LogP contribution in [0, 0.1) is 0 Å². The second-order valence-corrected chi connectivity index (χ2v) is 10.5. The van der Waals surface area contributed by atoms with Crippen molar-refractivity contribution in [3.8, 4) is 5.75 Å². The van der Waals surface area contributed by atoms with Gasteiger partial charge in [-0.25, -0.2) is 8.42 Å². The summed E-state index contributed by atoms with van der Waals surface area (Å²) in [6.07, 6.45) is 2.09. The molecule has 0 spiro atoms. The topological polar surface area (TPSA) is 88.2 Å². The molecule has 0 aromatic heterocycles. The molecule has 0 saturated carbocycles. The van der Waals surface area contributed by atoms with E-state index >= 15 is 0 Å². The fourth-order valence-corrected chi connectivity index (χ4v) is 5.91. The Balaban J connectivity index is 1.29. The molecule has 4 rings (SSSR count). The monoisotopic (exact) mass is 487 g/mol. The molecule has 2 saturated heterocycles. The van der Waals surface area contributed by atoms with Crippen molar-refractivity contribution in [2.24, 2.45) is 0 Å². The van der Waals surface area contributed by atoms with Gasteiger partial charge in [-0.2, -0.15) is 4.31 Å². The maximum atomic E-state index is 12.7. The van der Waals surface area contributed by atoms with E-state index in [1.54, 1.807) is 24.3 Å². The number of hydrogen-bond donors (Lipinski definition) is 1. The van der Waals surface area contributed by atoms with Gasteiger partial charge in [0.05, 0.1) is 31.3 Å². The number of nitrogens with one attached hydrogen (secondary N) is 1. The van der Waals surface area contributed by atoms with E-state index in [2.05, 4.69) is 22.3 Å². The molecule has 0 bridgehead atoms. The van der Waals surface area contributed by atoms with Gasteiger partial charge in [-0.3, -0.25) is 9.69 Å². The molecule has 34 heavy (non-hydrogen) atoms. The summed E-state index contributed by atoms with van der Waals surface area (Å²) in [5.74, 6) is 0.820. The average Bonchev–Trinajstić information content (AvgIpc) is 3.32. The number of sulfonamides is 1. The lowest BCUT2D eigenvalue weighted by atomic mass is 10.0. The Kier molecular flexibility index (Phi) is 8.20. The molecule has 0 aliphatic carbocycles. The third kappa shape index (κ3) is 5.96. The molecule has 0 radical (unpaired) electrons. The van der Waals surface area contributed by atoms with Crippen molar-refractivity contribution in [1.82, 2.24) is 14.5 Å². The van der Waals surface area contributed by atoms with Crippen LogP contribution in [0.5, 0.6) is 5.75 Å². The quantitative estimate of drug-likeness (QED) is 0.585. The Morgan fingerprint density at radius 3 is 2.44 bits per heavy atom. The minimum Gasteiger partial charge on any atom is -0.494 e. The van der Waals surface area contributed by atoms with Gasteiger partial charge in [-0.15, -0.1) is 0 Å². The van der Waals surface area contributed by atoms with Crippen LogP contribution in [0.15, 0.2) is 53.4 Å². The summed E-state index contributed by atoms with van der Waals surface area (Å²) < 4.78 is 37.7. The molecule has 2 aliphatic rings. The van der Waals surface area contributed by atoms with Gasteiger partial charge in [0.25, 0.3) is 0 Å². The molecule has 1 amide bonds. The van der Waals surface area contributed by atoms with Gasteiger partial charge < -0.3 is 14.8 Å². The maximum Gasteiger partial charge on any atom is 0.243 e. The van der Waals surface area contributed by atoms with Gasteiger partial charge in [0, 0.05) is 25.7 Å². The third-order valence-electron chi connectivity index (χ3n) is 6.31. The highest BCUT2D eigenvalue weighted by Crippen LogP contribution is 2.32. The first kappa shape index (κ1) is 24.7. The van der Waals surface area contributed by atoms with Crippen molar-refractivity contribution in [2.75, 3.05) is 46.0 Å². The normalized spacial score (nSPS) is 19.7. The van der Waals surface area contributed by atoms with Crippen LogP contribution in [0.1, 0.15) is 36.9 Å². The highest BCUT2D eigenvalue weighted by Gasteiger charge is 2.28. The Labute approximate surface area is 201 Å². The lowest BCUT2D eigenvalue weighted by Crippen LogP contribution is -2.40. The van der Waals surface area contributed by atoms with Crippen molar-refractivity contribution in [2.45, 2.75) is 37.2 Å². The van der Waals surface area contributed by atoms with E-state index < -0.39 is 10.0 Å². The van der Waals surface area contributed by atoms with Gasteiger partial charge in [-0.05, 0) is 61.7 Å². The van der Waals surface area contributed by atoms with E-state index in [0.29, 0.717) is 46.0 Å². The van der Waals surface area contributed by atoms with E-state index in [1.165, 1.54) is 9.87 Å². The Hall–Kier alpha value is -2.46. The minimum atomic E-state index is -3.51.